The van der Waals surface area contributed by atoms with Crippen LogP contribution in [0, 0.1) is 0 Å². The molecule has 0 radical (unpaired) electrons. The highest BCUT2D eigenvalue weighted by Gasteiger charge is 2.24. The normalized spacial score (nSPS) is 13.5. The number of aromatic nitrogens is 2. The Bertz CT molecular complexity index is 805. The molecule has 4 nitrogen and oxygen atoms in total. The SMILES string of the molecule is Brc1ccccc1-c1nnc(N2OCc3ccccc32)s1. The van der Waals surface area contributed by atoms with Crippen LogP contribution >= 0.6 is 27.3 Å². The molecular weight excluding hydrogens is 350 g/mol. The Morgan fingerprint density at radius 3 is 2.76 bits per heavy atom. The highest BCUT2D eigenvalue weighted by molar-refractivity contribution is 9.10. The van der Waals surface area contributed by atoms with E-state index in [1.165, 1.54) is 11.3 Å². The van der Waals surface area contributed by atoms with E-state index in [1.54, 1.807) is 5.06 Å². The summed E-state index contributed by atoms with van der Waals surface area (Å²) < 4.78 is 1.01. The number of rotatable bonds is 2. The Labute approximate surface area is 134 Å². The van der Waals surface area contributed by atoms with Gasteiger partial charge in [0.25, 0.3) is 0 Å². The quantitative estimate of drug-likeness (QED) is 0.672. The van der Waals surface area contributed by atoms with Crippen molar-refractivity contribution in [2.75, 3.05) is 5.06 Å². The second-order valence-corrected chi connectivity index (χ2v) is 6.38. The lowest BCUT2D eigenvalue weighted by Gasteiger charge is -2.12. The number of hydrogen-bond donors (Lipinski definition) is 0. The van der Waals surface area contributed by atoms with Crippen LogP contribution in [0.1, 0.15) is 5.56 Å². The molecule has 4 rings (SSSR count). The van der Waals surface area contributed by atoms with E-state index in [2.05, 4.69) is 32.2 Å². The van der Waals surface area contributed by atoms with Gasteiger partial charge in [0.2, 0.25) is 5.13 Å². The summed E-state index contributed by atoms with van der Waals surface area (Å²) in [5, 5.41) is 11.9. The summed E-state index contributed by atoms with van der Waals surface area (Å²) >= 11 is 5.06. The summed E-state index contributed by atoms with van der Waals surface area (Å²) in [6.45, 7) is 0.570. The van der Waals surface area contributed by atoms with E-state index in [0.717, 1.165) is 31.4 Å². The van der Waals surface area contributed by atoms with Crippen molar-refractivity contribution in [2.24, 2.45) is 0 Å². The molecule has 21 heavy (non-hydrogen) atoms. The molecule has 104 valence electrons. The van der Waals surface area contributed by atoms with Crippen LogP contribution in [0.3, 0.4) is 0 Å². The summed E-state index contributed by atoms with van der Waals surface area (Å²) in [5.41, 5.74) is 3.23. The summed E-state index contributed by atoms with van der Waals surface area (Å²) in [6.07, 6.45) is 0. The van der Waals surface area contributed by atoms with Gasteiger partial charge in [-0.2, -0.15) is 5.06 Å². The van der Waals surface area contributed by atoms with Gasteiger partial charge in [0.15, 0.2) is 5.01 Å². The van der Waals surface area contributed by atoms with E-state index in [1.807, 2.05) is 42.5 Å². The first kappa shape index (κ1) is 12.9. The zero-order valence-corrected chi connectivity index (χ0v) is 13.3. The van der Waals surface area contributed by atoms with Crippen LogP contribution in [-0.2, 0) is 11.4 Å². The highest BCUT2D eigenvalue weighted by atomic mass is 79.9. The van der Waals surface area contributed by atoms with E-state index in [9.17, 15) is 0 Å². The number of benzene rings is 2. The Hall–Kier alpha value is -1.76. The van der Waals surface area contributed by atoms with Gasteiger partial charge in [0, 0.05) is 15.6 Å². The number of fused-ring (bicyclic) bond motifs is 1. The standard InChI is InChI=1S/C15H10BrN3OS/c16-12-7-3-2-6-11(12)14-17-18-15(21-14)19-13-8-4-1-5-10(13)9-20-19/h1-8H,9H2. The van der Waals surface area contributed by atoms with Crippen molar-refractivity contribution in [1.82, 2.24) is 10.2 Å². The lowest BCUT2D eigenvalue weighted by molar-refractivity contribution is 0.145. The Morgan fingerprint density at radius 2 is 1.86 bits per heavy atom. The monoisotopic (exact) mass is 359 g/mol. The van der Waals surface area contributed by atoms with Gasteiger partial charge in [-0.1, -0.05) is 63.7 Å². The topological polar surface area (TPSA) is 38.2 Å². The fourth-order valence-electron chi connectivity index (χ4n) is 2.23. The summed E-state index contributed by atoms with van der Waals surface area (Å²) in [6, 6.07) is 16.1. The number of anilines is 2. The molecule has 2 aromatic carbocycles. The molecule has 0 fully saturated rings. The second kappa shape index (κ2) is 5.22. The molecule has 0 unspecified atom stereocenters. The van der Waals surface area contributed by atoms with Crippen molar-refractivity contribution in [1.29, 1.82) is 0 Å². The Balaban J connectivity index is 1.72. The van der Waals surface area contributed by atoms with Crippen LogP contribution < -0.4 is 5.06 Å². The maximum atomic E-state index is 5.72. The molecule has 1 aliphatic rings. The third kappa shape index (κ3) is 2.25. The van der Waals surface area contributed by atoms with Gasteiger partial charge >= 0.3 is 0 Å². The summed E-state index contributed by atoms with van der Waals surface area (Å²) in [7, 11) is 0. The summed E-state index contributed by atoms with van der Waals surface area (Å²) in [4.78, 5) is 5.72. The van der Waals surface area contributed by atoms with Gasteiger partial charge in [-0.3, -0.25) is 4.84 Å². The van der Waals surface area contributed by atoms with Crippen molar-refractivity contribution >= 4 is 38.1 Å². The molecule has 0 spiro atoms. The van der Waals surface area contributed by atoms with E-state index >= 15 is 0 Å². The summed E-state index contributed by atoms with van der Waals surface area (Å²) in [5.74, 6) is 0. The maximum Gasteiger partial charge on any atom is 0.237 e. The van der Waals surface area contributed by atoms with E-state index < -0.39 is 0 Å². The third-order valence-corrected chi connectivity index (χ3v) is 4.87. The molecule has 1 aliphatic heterocycles. The fourth-order valence-corrected chi connectivity index (χ4v) is 3.70. The smallest absolute Gasteiger partial charge is 0.237 e. The molecular formula is C15H10BrN3OS. The molecule has 2 heterocycles. The molecule has 0 saturated heterocycles. The second-order valence-electron chi connectivity index (χ2n) is 4.57. The van der Waals surface area contributed by atoms with Gasteiger partial charge in [-0.25, -0.2) is 0 Å². The first-order chi connectivity index (χ1) is 10.3. The predicted octanol–water partition coefficient (Wildman–Crippen LogP) is 4.55. The van der Waals surface area contributed by atoms with Crippen LogP contribution in [0.15, 0.2) is 53.0 Å². The van der Waals surface area contributed by atoms with Crippen LogP contribution in [0.2, 0.25) is 0 Å². The first-order valence-corrected chi connectivity index (χ1v) is 8.03. The van der Waals surface area contributed by atoms with Gasteiger partial charge < -0.3 is 0 Å². The zero-order chi connectivity index (χ0) is 14.2. The van der Waals surface area contributed by atoms with Gasteiger partial charge in [-0.15, -0.1) is 10.2 Å². The minimum absolute atomic E-state index is 0.570. The van der Waals surface area contributed by atoms with Gasteiger partial charge in [0.1, 0.15) is 6.61 Å². The lowest BCUT2D eigenvalue weighted by Crippen LogP contribution is -2.10. The molecule has 3 aromatic rings. The van der Waals surface area contributed by atoms with Crippen LogP contribution in [0.5, 0.6) is 0 Å². The largest absolute Gasteiger partial charge is 0.261 e. The van der Waals surface area contributed by atoms with Crippen LogP contribution in [-0.4, -0.2) is 10.2 Å². The van der Waals surface area contributed by atoms with Gasteiger partial charge in [-0.05, 0) is 12.1 Å². The molecule has 0 atom stereocenters. The predicted molar refractivity (Wildman–Crippen MR) is 86.4 cm³/mol. The fraction of sp³-hybridized carbons (Fsp3) is 0.0667. The van der Waals surface area contributed by atoms with Crippen molar-refractivity contribution < 1.29 is 4.84 Å². The van der Waals surface area contributed by atoms with Crippen molar-refractivity contribution in [3.8, 4) is 10.6 Å². The minimum Gasteiger partial charge on any atom is -0.261 e. The van der Waals surface area contributed by atoms with E-state index in [4.69, 9.17) is 4.84 Å². The molecule has 1 aromatic heterocycles. The first-order valence-electron chi connectivity index (χ1n) is 6.42. The van der Waals surface area contributed by atoms with E-state index in [-0.39, 0.29) is 0 Å². The van der Waals surface area contributed by atoms with Gasteiger partial charge in [0.05, 0.1) is 5.69 Å². The van der Waals surface area contributed by atoms with Crippen molar-refractivity contribution in [3.05, 3.63) is 58.6 Å². The van der Waals surface area contributed by atoms with Crippen LogP contribution in [0.25, 0.3) is 10.6 Å². The maximum absolute atomic E-state index is 5.72. The third-order valence-electron chi connectivity index (χ3n) is 3.25. The molecule has 0 N–H and O–H groups in total. The average molecular weight is 360 g/mol. The zero-order valence-electron chi connectivity index (χ0n) is 10.9. The number of para-hydroxylation sites is 1. The van der Waals surface area contributed by atoms with E-state index in [0.29, 0.717) is 6.61 Å². The average Bonchev–Trinajstić information content (AvgIpc) is 3.14. The molecule has 6 heteroatoms. The van der Waals surface area contributed by atoms with Crippen molar-refractivity contribution in [2.45, 2.75) is 6.61 Å². The van der Waals surface area contributed by atoms with Crippen molar-refractivity contribution in [3.63, 3.8) is 0 Å². The molecule has 0 bridgehead atoms. The lowest BCUT2D eigenvalue weighted by atomic mass is 10.2. The Kier molecular flexibility index (Phi) is 3.21. The molecule has 0 amide bonds. The number of halogens is 1. The highest BCUT2D eigenvalue weighted by Crippen LogP contribution is 2.39. The molecule has 0 aliphatic carbocycles. The Morgan fingerprint density at radius 1 is 1.05 bits per heavy atom. The number of hydrogen-bond acceptors (Lipinski definition) is 5. The van der Waals surface area contributed by atoms with Crippen LogP contribution in [0.4, 0.5) is 10.8 Å². The minimum atomic E-state index is 0.570. The number of nitrogens with zero attached hydrogens (tertiary/aromatic N) is 3. The molecule has 0 saturated carbocycles.